The maximum atomic E-state index is 13.3. The number of benzene rings is 1. The van der Waals surface area contributed by atoms with Crippen LogP contribution in [-0.2, 0) is 0 Å². The van der Waals surface area contributed by atoms with Crippen molar-refractivity contribution in [3.8, 4) is 0 Å². The van der Waals surface area contributed by atoms with Gasteiger partial charge in [-0.25, -0.2) is 13.8 Å². The average molecular weight is 526 g/mol. The lowest BCUT2D eigenvalue weighted by Gasteiger charge is -2.40. The fraction of sp³-hybridized carbons (Fsp3) is 0.500. The summed E-state index contributed by atoms with van der Waals surface area (Å²) in [7, 11) is 0. The molecule has 4 N–H and O–H groups in total. The first-order chi connectivity index (χ1) is 18.1. The third kappa shape index (κ3) is 5.21. The van der Waals surface area contributed by atoms with Crippen molar-refractivity contribution in [1.82, 2.24) is 10.3 Å². The Hall–Kier alpha value is -3.56. The highest BCUT2D eigenvalue weighted by Gasteiger charge is 2.42. The van der Waals surface area contributed by atoms with Gasteiger partial charge < -0.3 is 21.3 Å². The van der Waals surface area contributed by atoms with Crippen LogP contribution in [0.4, 0.5) is 20.3 Å². The second kappa shape index (κ2) is 10.3. The van der Waals surface area contributed by atoms with Gasteiger partial charge in [0, 0.05) is 47.1 Å². The van der Waals surface area contributed by atoms with Gasteiger partial charge in [0.05, 0.1) is 11.6 Å². The molecule has 0 spiro atoms. The van der Waals surface area contributed by atoms with Crippen LogP contribution in [0.3, 0.4) is 0 Å². The summed E-state index contributed by atoms with van der Waals surface area (Å²) >= 11 is 0. The Morgan fingerprint density at radius 1 is 1.05 bits per heavy atom. The quantitative estimate of drug-likeness (QED) is 0.425. The van der Waals surface area contributed by atoms with E-state index in [0.29, 0.717) is 16.7 Å². The number of carbonyl (C=O) groups excluding carboxylic acids is 3. The average Bonchev–Trinajstić information content (AvgIpc) is 3.69. The third-order valence-electron chi connectivity index (χ3n) is 7.95. The number of aryl methyl sites for hydroxylation is 1. The maximum Gasteiger partial charge on any atom is 0.258 e. The number of nitrogens with one attached hydrogen (secondary N) is 2. The number of hydrogen-bond acceptors (Lipinski definition) is 6. The molecule has 10 heteroatoms. The lowest BCUT2D eigenvalue weighted by molar-refractivity contribution is 0.0923. The van der Waals surface area contributed by atoms with Gasteiger partial charge in [-0.2, -0.15) is 0 Å². The normalized spacial score (nSPS) is 23.3. The zero-order valence-electron chi connectivity index (χ0n) is 21.5. The number of carbonyl (C=O) groups is 3. The Balaban J connectivity index is 1.27. The number of halogens is 2. The molecule has 3 heterocycles. The van der Waals surface area contributed by atoms with E-state index in [1.165, 1.54) is 19.1 Å². The van der Waals surface area contributed by atoms with Crippen LogP contribution < -0.4 is 21.3 Å². The van der Waals surface area contributed by atoms with E-state index in [1.807, 2.05) is 12.1 Å². The largest absolute Gasteiger partial charge is 0.376 e. The molecular formula is C28H33F2N5O3. The highest BCUT2D eigenvalue weighted by atomic mass is 19.3. The van der Waals surface area contributed by atoms with Gasteiger partial charge in [-0.3, -0.25) is 14.4 Å². The van der Waals surface area contributed by atoms with Gasteiger partial charge in [-0.1, -0.05) is 0 Å². The number of fused-ring (bicyclic) bond motifs is 2. The summed E-state index contributed by atoms with van der Waals surface area (Å²) in [5.41, 5.74) is 7.15. The molecule has 0 radical (unpaired) electrons. The Morgan fingerprint density at radius 3 is 2.29 bits per heavy atom. The molecule has 4 atom stereocenters. The summed E-state index contributed by atoms with van der Waals surface area (Å²) in [6, 6.07) is 5.86. The van der Waals surface area contributed by atoms with Gasteiger partial charge in [0.1, 0.15) is 5.82 Å². The molecule has 1 saturated carbocycles. The highest BCUT2D eigenvalue weighted by Crippen LogP contribution is 2.39. The van der Waals surface area contributed by atoms with E-state index in [-0.39, 0.29) is 47.0 Å². The molecular weight excluding hydrogens is 492 g/mol. The first-order valence-electron chi connectivity index (χ1n) is 13.2. The van der Waals surface area contributed by atoms with E-state index in [1.54, 1.807) is 13.1 Å². The first-order valence-corrected chi connectivity index (χ1v) is 13.2. The molecule has 2 saturated heterocycles. The van der Waals surface area contributed by atoms with Crippen LogP contribution in [0.2, 0.25) is 0 Å². The number of aromatic nitrogens is 1. The second-order valence-corrected chi connectivity index (χ2v) is 10.8. The van der Waals surface area contributed by atoms with E-state index in [9.17, 15) is 23.2 Å². The lowest BCUT2D eigenvalue weighted by atomic mass is 9.95. The third-order valence-corrected chi connectivity index (χ3v) is 7.95. The molecule has 2 amide bonds. The number of Topliss-reactive ketones (excluding diaryl/α,β-unsaturated/α-hetero) is 1. The number of piperidine rings is 1. The second-order valence-electron chi connectivity index (χ2n) is 10.8. The van der Waals surface area contributed by atoms with Crippen molar-refractivity contribution in [1.29, 1.82) is 0 Å². The number of primary amides is 1. The minimum atomic E-state index is -2.65. The monoisotopic (exact) mass is 525 g/mol. The molecule has 3 aliphatic rings. The van der Waals surface area contributed by atoms with E-state index in [2.05, 4.69) is 20.5 Å². The predicted molar refractivity (Wildman–Crippen MR) is 140 cm³/mol. The first kappa shape index (κ1) is 26.1. The number of amides is 2. The summed E-state index contributed by atoms with van der Waals surface area (Å²) in [5, 5.41) is 5.74. The van der Waals surface area contributed by atoms with Crippen molar-refractivity contribution >= 4 is 29.1 Å². The van der Waals surface area contributed by atoms with Gasteiger partial charge in [0.2, 0.25) is 0 Å². The number of nitrogens with zero attached hydrogens (tertiary/aromatic N) is 2. The van der Waals surface area contributed by atoms with Gasteiger partial charge >= 0.3 is 0 Å². The fourth-order valence-corrected chi connectivity index (χ4v) is 5.78. The van der Waals surface area contributed by atoms with Crippen molar-refractivity contribution in [2.24, 2.45) is 11.7 Å². The minimum Gasteiger partial charge on any atom is -0.376 e. The Bertz CT molecular complexity index is 1230. The summed E-state index contributed by atoms with van der Waals surface area (Å²) < 4.78 is 26.3. The lowest BCUT2D eigenvalue weighted by Crippen LogP contribution is -2.50. The zero-order valence-corrected chi connectivity index (χ0v) is 21.5. The number of alkyl halides is 2. The molecule has 2 aliphatic heterocycles. The van der Waals surface area contributed by atoms with Crippen molar-refractivity contribution < 1.29 is 23.2 Å². The van der Waals surface area contributed by atoms with Crippen molar-refractivity contribution in [3.63, 3.8) is 0 Å². The number of anilines is 2. The Kier molecular flexibility index (Phi) is 7.07. The molecule has 8 nitrogen and oxygen atoms in total. The van der Waals surface area contributed by atoms with Crippen molar-refractivity contribution in [2.75, 3.05) is 10.2 Å². The molecule has 3 fully saturated rings. The van der Waals surface area contributed by atoms with Crippen LogP contribution in [0.15, 0.2) is 30.5 Å². The maximum absolute atomic E-state index is 13.3. The highest BCUT2D eigenvalue weighted by molar-refractivity contribution is 6.03. The molecule has 38 heavy (non-hydrogen) atoms. The number of ketones is 1. The molecule has 202 valence electrons. The molecule has 1 unspecified atom stereocenters. The summed E-state index contributed by atoms with van der Waals surface area (Å²) in [6.07, 6.45) is 4.44. The molecule has 1 aromatic carbocycles. The van der Waals surface area contributed by atoms with Gasteiger partial charge in [0.25, 0.3) is 18.2 Å². The van der Waals surface area contributed by atoms with Gasteiger partial charge in [-0.05, 0) is 82.2 Å². The number of rotatable bonds is 9. The van der Waals surface area contributed by atoms with Crippen LogP contribution in [0.5, 0.6) is 0 Å². The van der Waals surface area contributed by atoms with Crippen molar-refractivity contribution in [2.45, 2.75) is 83.0 Å². The van der Waals surface area contributed by atoms with Crippen LogP contribution >= 0.6 is 0 Å². The standard InChI is InChI=1S/C28H33F2N5O3/c1-14-9-22(27(31)37)23(33-15(2)26(29)30)12-21(14)28(38)34-18-10-19-6-7-20(11-18)35(19)24-8-5-17(13-32-24)25(36)16-3-4-16/h5,8-9,12-13,15-16,18-20,26,33H,3-4,6-7,10-11H2,1-2H3,(H2,31,37)(H,34,38)/t15?,18-,19+,20-. The molecule has 1 aromatic heterocycles. The predicted octanol–water partition coefficient (Wildman–Crippen LogP) is 4.08. The molecule has 2 bridgehead atoms. The van der Waals surface area contributed by atoms with Gasteiger partial charge in [-0.15, -0.1) is 0 Å². The number of pyridine rings is 1. The van der Waals surface area contributed by atoms with Crippen LogP contribution in [0.1, 0.15) is 82.1 Å². The van der Waals surface area contributed by atoms with E-state index < -0.39 is 18.4 Å². The Labute approximate surface area is 220 Å². The smallest absolute Gasteiger partial charge is 0.258 e. The molecule has 2 aromatic rings. The SMILES string of the molecule is Cc1cc(C(N)=O)c(NC(C)C(F)F)cc1C(=O)N[C@H]1C[C@H]2CC[C@@H](C1)N2c1ccc(C(=O)C2CC2)cn1. The minimum absolute atomic E-state index is 0.0569. The number of hydrogen-bond donors (Lipinski definition) is 3. The molecule has 1 aliphatic carbocycles. The van der Waals surface area contributed by atoms with Crippen LogP contribution in [0.25, 0.3) is 0 Å². The zero-order chi connectivity index (χ0) is 27.1. The van der Waals surface area contributed by atoms with Crippen LogP contribution in [0, 0.1) is 12.8 Å². The summed E-state index contributed by atoms with van der Waals surface area (Å²) in [5.74, 6) is 0.121. The topological polar surface area (TPSA) is 117 Å². The molecule has 5 rings (SSSR count). The van der Waals surface area contributed by atoms with Gasteiger partial charge in [0.15, 0.2) is 5.78 Å². The van der Waals surface area contributed by atoms with E-state index in [4.69, 9.17) is 5.73 Å². The van der Waals surface area contributed by atoms with Crippen LogP contribution in [-0.4, -0.2) is 53.2 Å². The van der Waals surface area contributed by atoms with Crippen molar-refractivity contribution in [3.05, 3.63) is 52.7 Å². The van der Waals surface area contributed by atoms with E-state index in [0.717, 1.165) is 44.3 Å². The summed E-state index contributed by atoms with van der Waals surface area (Å²) in [6.45, 7) is 2.99. The Morgan fingerprint density at radius 2 is 1.74 bits per heavy atom. The fourth-order valence-electron chi connectivity index (χ4n) is 5.78. The number of nitrogens with two attached hydrogens (primary N) is 1. The van der Waals surface area contributed by atoms with E-state index >= 15 is 0 Å². The summed E-state index contributed by atoms with van der Waals surface area (Å²) in [4.78, 5) is 44.4.